The van der Waals surface area contributed by atoms with E-state index in [1.165, 1.54) is 6.07 Å². The van der Waals surface area contributed by atoms with Crippen LogP contribution in [0.4, 0.5) is 0 Å². The first-order chi connectivity index (χ1) is 7.63. The maximum absolute atomic E-state index is 9.53. The number of phenols is 1. The molecule has 1 atom stereocenters. The maximum Gasteiger partial charge on any atom is 0.137 e. The van der Waals surface area contributed by atoms with E-state index in [0.29, 0.717) is 12.3 Å². The summed E-state index contributed by atoms with van der Waals surface area (Å²) in [6.45, 7) is 2.59. The summed E-state index contributed by atoms with van der Waals surface area (Å²) < 4.78 is 5.18. The molecule has 4 heteroatoms. The number of nitriles is 1. The highest BCUT2D eigenvalue weighted by Crippen LogP contribution is 2.33. The smallest absolute Gasteiger partial charge is 0.137 e. The van der Waals surface area contributed by atoms with Crippen molar-refractivity contribution in [2.75, 3.05) is 13.7 Å². The molecule has 0 amide bonds. The van der Waals surface area contributed by atoms with Crippen LogP contribution in [-0.2, 0) is 0 Å². The Bertz CT molecular complexity index is 410. The number of rotatable bonds is 4. The Balaban J connectivity index is 3.20. The van der Waals surface area contributed by atoms with Crippen molar-refractivity contribution in [2.45, 2.75) is 19.3 Å². The van der Waals surface area contributed by atoms with Gasteiger partial charge in [0.15, 0.2) is 0 Å². The van der Waals surface area contributed by atoms with Crippen LogP contribution < -0.4 is 10.5 Å². The van der Waals surface area contributed by atoms with Gasteiger partial charge in [-0.2, -0.15) is 5.26 Å². The largest absolute Gasteiger partial charge is 0.506 e. The molecule has 1 unspecified atom stereocenters. The van der Waals surface area contributed by atoms with E-state index < -0.39 is 0 Å². The Kier molecular flexibility index (Phi) is 4.15. The number of nitrogens with two attached hydrogens (primary N) is 1. The molecular formula is C12H16N2O2. The molecule has 0 bridgehead atoms. The second kappa shape index (κ2) is 5.38. The highest BCUT2D eigenvalue weighted by molar-refractivity contribution is 5.52. The fraction of sp³-hybridized carbons (Fsp3) is 0.417. The number of benzene rings is 1. The Labute approximate surface area is 95.3 Å². The van der Waals surface area contributed by atoms with Crippen molar-refractivity contribution in [3.05, 3.63) is 23.3 Å². The van der Waals surface area contributed by atoms with Crippen LogP contribution in [0, 0.1) is 11.3 Å². The van der Waals surface area contributed by atoms with E-state index in [-0.39, 0.29) is 17.2 Å². The van der Waals surface area contributed by atoms with Gasteiger partial charge in [0.05, 0.1) is 12.7 Å². The number of aromatic hydroxyl groups is 1. The molecule has 16 heavy (non-hydrogen) atoms. The summed E-state index contributed by atoms with van der Waals surface area (Å²) >= 11 is 0. The van der Waals surface area contributed by atoms with Crippen molar-refractivity contribution >= 4 is 0 Å². The standard InChI is InChI=1S/C12H16N2O2/c1-8(3-4-13)10-5-9(7-14)11(15)6-12(10)16-2/h5-6,8,15H,3-4,13H2,1-2H3. The first-order valence-electron chi connectivity index (χ1n) is 5.15. The van der Waals surface area contributed by atoms with Crippen LogP contribution in [0.1, 0.15) is 30.4 Å². The summed E-state index contributed by atoms with van der Waals surface area (Å²) in [5.41, 5.74) is 6.67. The van der Waals surface area contributed by atoms with Crippen molar-refractivity contribution in [2.24, 2.45) is 5.73 Å². The molecule has 0 spiro atoms. The second-order valence-electron chi connectivity index (χ2n) is 3.70. The first kappa shape index (κ1) is 12.3. The van der Waals surface area contributed by atoms with Crippen LogP contribution in [0.2, 0.25) is 0 Å². The Morgan fingerprint density at radius 3 is 2.75 bits per heavy atom. The fourth-order valence-corrected chi connectivity index (χ4v) is 1.64. The molecule has 3 N–H and O–H groups in total. The monoisotopic (exact) mass is 220 g/mol. The van der Waals surface area contributed by atoms with Gasteiger partial charge in [-0.15, -0.1) is 0 Å². The predicted octanol–water partition coefficient (Wildman–Crippen LogP) is 1.72. The minimum absolute atomic E-state index is 0.0527. The second-order valence-corrected chi connectivity index (χ2v) is 3.70. The van der Waals surface area contributed by atoms with E-state index in [2.05, 4.69) is 0 Å². The normalized spacial score (nSPS) is 11.9. The third-order valence-corrected chi connectivity index (χ3v) is 2.60. The average molecular weight is 220 g/mol. The van der Waals surface area contributed by atoms with Crippen molar-refractivity contribution in [1.29, 1.82) is 5.26 Å². The number of hydrogen-bond donors (Lipinski definition) is 2. The predicted molar refractivity (Wildman–Crippen MR) is 61.5 cm³/mol. The molecule has 0 aliphatic rings. The lowest BCUT2D eigenvalue weighted by molar-refractivity contribution is 0.398. The summed E-state index contributed by atoms with van der Waals surface area (Å²) in [6, 6.07) is 5.08. The van der Waals surface area contributed by atoms with Gasteiger partial charge < -0.3 is 15.6 Å². The molecule has 1 rings (SSSR count). The van der Waals surface area contributed by atoms with E-state index in [4.69, 9.17) is 15.7 Å². The summed E-state index contributed by atoms with van der Waals surface area (Å²) in [7, 11) is 1.54. The molecule has 0 heterocycles. The van der Waals surface area contributed by atoms with Crippen LogP contribution >= 0.6 is 0 Å². The van der Waals surface area contributed by atoms with Crippen LogP contribution in [0.5, 0.6) is 11.5 Å². The van der Waals surface area contributed by atoms with Gasteiger partial charge in [0.2, 0.25) is 0 Å². The lowest BCUT2D eigenvalue weighted by Crippen LogP contribution is -2.06. The summed E-state index contributed by atoms with van der Waals surface area (Å²) in [4.78, 5) is 0. The zero-order valence-corrected chi connectivity index (χ0v) is 9.53. The molecule has 0 fully saturated rings. The van der Waals surface area contributed by atoms with Crippen LogP contribution in [0.15, 0.2) is 12.1 Å². The number of phenolic OH excluding ortho intramolecular Hbond substituents is 1. The minimum atomic E-state index is -0.0527. The van der Waals surface area contributed by atoms with Gasteiger partial charge in [-0.3, -0.25) is 0 Å². The zero-order valence-electron chi connectivity index (χ0n) is 9.53. The quantitative estimate of drug-likeness (QED) is 0.809. The van der Waals surface area contributed by atoms with Gasteiger partial charge in [-0.25, -0.2) is 0 Å². The number of ether oxygens (including phenoxy) is 1. The summed E-state index contributed by atoms with van der Waals surface area (Å²) in [5, 5.41) is 18.4. The Hall–Kier alpha value is -1.73. The highest BCUT2D eigenvalue weighted by atomic mass is 16.5. The Morgan fingerprint density at radius 1 is 1.56 bits per heavy atom. The first-order valence-corrected chi connectivity index (χ1v) is 5.15. The highest BCUT2D eigenvalue weighted by Gasteiger charge is 2.14. The van der Waals surface area contributed by atoms with Crippen molar-refractivity contribution in [3.63, 3.8) is 0 Å². The molecule has 1 aromatic carbocycles. The molecule has 4 nitrogen and oxygen atoms in total. The van der Waals surface area contributed by atoms with E-state index in [1.54, 1.807) is 13.2 Å². The third kappa shape index (κ3) is 2.44. The molecular weight excluding hydrogens is 204 g/mol. The van der Waals surface area contributed by atoms with Crippen molar-refractivity contribution < 1.29 is 9.84 Å². The molecule has 86 valence electrons. The van der Waals surface area contributed by atoms with E-state index in [9.17, 15) is 5.11 Å². The fourth-order valence-electron chi connectivity index (χ4n) is 1.64. The van der Waals surface area contributed by atoms with Crippen LogP contribution in [0.25, 0.3) is 0 Å². The van der Waals surface area contributed by atoms with Crippen molar-refractivity contribution in [3.8, 4) is 17.6 Å². The van der Waals surface area contributed by atoms with Gasteiger partial charge in [-0.05, 0) is 30.5 Å². The molecule has 0 saturated heterocycles. The average Bonchev–Trinajstić information content (AvgIpc) is 2.28. The van der Waals surface area contributed by atoms with E-state index >= 15 is 0 Å². The lowest BCUT2D eigenvalue weighted by Gasteiger charge is -2.15. The van der Waals surface area contributed by atoms with E-state index in [1.807, 2.05) is 13.0 Å². The molecule has 0 aromatic heterocycles. The Morgan fingerprint density at radius 2 is 2.25 bits per heavy atom. The van der Waals surface area contributed by atoms with Gasteiger partial charge in [0.25, 0.3) is 0 Å². The van der Waals surface area contributed by atoms with Crippen LogP contribution in [-0.4, -0.2) is 18.8 Å². The lowest BCUT2D eigenvalue weighted by atomic mass is 9.95. The number of hydrogen-bond acceptors (Lipinski definition) is 4. The van der Waals surface area contributed by atoms with Gasteiger partial charge in [-0.1, -0.05) is 6.92 Å². The minimum Gasteiger partial charge on any atom is -0.506 e. The van der Waals surface area contributed by atoms with E-state index in [0.717, 1.165) is 12.0 Å². The number of nitrogens with zero attached hydrogens (tertiary/aromatic N) is 1. The van der Waals surface area contributed by atoms with Gasteiger partial charge in [0.1, 0.15) is 17.6 Å². The van der Waals surface area contributed by atoms with Gasteiger partial charge >= 0.3 is 0 Å². The molecule has 0 saturated carbocycles. The third-order valence-electron chi connectivity index (χ3n) is 2.60. The number of methoxy groups -OCH3 is 1. The summed E-state index contributed by atoms with van der Waals surface area (Å²) in [6.07, 6.45) is 0.812. The molecule has 0 aliphatic carbocycles. The zero-order chi connectivity index (χ0) is 12.1. The van der Waals surface area contributed by atoms with Crippen molar-refractivity contribution in [1.82, 2.24) is 0 Å². The molecule has 1 aromatic rings. The topological polar surface area (TPSA) is 79.3 Å². The summed E-state index contributed by atoms with van der Waals surface area (Å²) in [5.74, 6) is 0.744. The SMILES string of the molecule is COc1cc(O)c(C#N)cc1C(C)CCN. The van der Waals surface area contributed by atoms with Gasteiger partial charge in [0, 0.05) is 6.07 Å². The van der Waals surface area contributed by atoms with Crippen LogP contribution in [0.3, 0.4) is 0 Å². The molecule has 0 radical (unpaired) electrons. The molecule has 0 aliphatic heterocycles. The maximum atomic E-state index is 9.53.